The fraction of sp³-hybridized carbons (Fsp3) is 0.857. The summed E-state index contributed by atoms with van der Waals surface area (Å²) in [4.78, 5) is 0. The molecule has 0 aromatic rings. The molecule has 0 spiro atoms. The van der Waals surface area contributed by atoms with E-state index < -0.39 is 0 Å². The van der Waals surface area contributed by atoms with Crippen molar-refractivity contribution in [3.05, 3.63) is 12.2 Å². The maximum atomic E-state index is 5.54. The molecule has 0 aliphatic heterocycles. The van der Waals surface area contributed by atoms with Gasteiger partial charge >= 0.3 is 0 Å². The van der Waals surface area contributed by atoms with Crippen molar-refractivity contribution < 1.29 is 4.74 Å². The summed E-state index contributed by atoms with van der Waals surface area (Å²) in [5, 5.41) is 3.53. The molecule has 0 fully saturated rings. The van der Waals surface area contributed by atoms with E-state index in [-0.39, 0.29) is 0 Å². The molecular weight excluding hydrogens is 198 g/mol. The van der Waals surface area contributed by atoms with E-state index in [2.05, 4.69) is 31.3 Å². The molecule has 0 saturated heterocycles. The van der Waals surface area contributed by atoms with E-state index in [1.165, 1.54) is 25.8 Å². The van der Waals surface area contributed by atoms with E-state index >= 15 is 0 Å². The van der Waals surface area contributed by atoms with E-state index in [9.17, 15) is 0 Å². The summed E-state index contributed by atoms with van der Waals surface area (Å²) in [6, 6.07) is 0. The fourth-order valence-electron chi connectivity index (χ4n) is 1.97. The van der Waals surface area contributed by atoms with Gasteiger partial charge in [-0.25, -0.2) is 0 Å². The van der Waals surface area contributed by atoms with E-state index in [1.807, 2.05) is 0 Å². The third kappa shape index (κ3) is 7.02. The third-order valence-corrected chi connectivity index (χ3v) is 2.90. The number of nitrogens with one attached hydrogen (secondary N) is 1. The molecule has 0 saturated carbocycles. The summed E-state index contributed by atoms with van der Waals surface area (Å²) in [6.45, 7) is 8.44. The highest BCUT2D eigenvalue weighted by Crippen LogP contribution is 2.16. The van der Waals surface area contributed by atoms with Crippen molar-refractivity contribution in [1.82, 2.24) is 5.32 Å². The normalized spacial score (nSPS) is 20.6. The first-order valence-electron chi connectivity index (χ1n) is 6.72. The monoisotopic (exact) mass is 225 g/mol. The van der Waals surface area contributed by atoms with Gasteiger partial charge < -0.3 is 10.1 Å². The van der Waals surface area contributed by atoms with Crippen molar-refractivity contribution in [2.24, 2.45) is 11.8 Å². The zero-order valence-corrected chi connectivity index (χ0v) is 10.9. The Bertz CT molecular complexity index is 189. The molecule has 0 bridgehead atoms. The molecule has 0 heterocycles. The van der Waals surface area contributed by atoms with Crippen LogP contribution in [0.2, 0.25) is 0 Å². The van der Waals surface area contributed by atoms with Crippen LogP contribution in [0.4, 0.5) is 0 Å². The van der Waals surface area contributed by atoms with Crippen molar-refractivity contribution in [3.8, 4) is 0 Å². The minimum absolute atomic E-state index is 0.655. The van der Waals surface area contributed by atoms with Gasteiger partial charge in [0.25, 0.3) is 0 Å². The Labute approximate surface area is 100 Å². The van der Waals surface area contributed by atoms with Crippen LogP contribution in [-0.4, -0.2) is 26.3 Å². The van der Waals surface area contributed by atoms with Crippen LogP contribution >= 0.6 is 0 Å². The fourth-order valence-corrected chi connectivity index (χ4v) is 1.97. The summed E-state index contributed by atoms with van der Waals surface area (Å²) in [5.41, 5.74) is 0. The molecule has 1 N–H and O–H groups in total. The van der Waals surface area contributed by atoms with Crippen LogP contribution in [0.25, 0.3) is 0 Å². The van der Waals surface area contributed by atoms with Gasteiger partial charge in [-0.3, -0.25) is 0 Å². The molecule has 0 aromatic heterocycles. The second-order valence-corrected chi connectivity index (χ2v) is 5.18. The largest absolute Gasteiger partial charge is 0.381 e. The summed E-state index contributed by atoms with van der Waals surface area (Å²) >= 11 is 0. The minimum atomic E-state index is 0.655. The standard InChI is InChI=1S/C14H27NO/c1-13(2)12-16-10-6-9-15-11-14-7-4-3-5-8-14/h3-4,13-15H,5-12H2,1-2H3. The van der Waals surface area contributed by atoms with Gasteiger partial charge in [0, 0.05) is 13.2 Å². The SMILES string of the molecule is CC(C)COCCCNCC1CC=CCC1. The van der Waals surface area contributed by atoms with Crippen molar-refractivity contribution in [2.75, 3.05) is 26.3 Å². The molecule has 1 aliphatic carbocycles. The van der Waals surface area contributed by atoms with Gasteiger partial charge in [-0.05, 0) is 50.6 Å². The van der Waals surface area contributed by atoms with E-state index in [0.717, 1.165) is 32.1 Å². The molecule has 1 atom stereocenters. The Hall–Kier alpha value is -0.340. The van der Waals surface area contributed by atoms with E-state index in [0.29, 0.717) is 5.92 Å². The second kappa shape index (κ2) is 8.77. The highest BCUT2D eigenvalue weighted by Gasteiger charge is 2.08. The van der Waals surface area contributed by atoms with Crippen LogP contribution in [0.1, 0.15) is 39.5 Å². The predicted molar refractivity (Wildman–Crippen MR) is 69.6 cm³/mol. The zero-order chi connectivity index (χ0) is 11.6. The highest BCUT2D eigenvalue weighted by atomic mass is 16.5. The average molecular weight is 225 g/mol. The topological polar surface area (TPSA) is 21.3 Å². The molecule has 0 radical (unpaired) electrons. The summed E-state index contributed by atoms with van der Waals surface area (Å²) in [5.74, 6) is 1.52. The van der Waals surface area contributed by atoms with Crippen LogP contribution < -0.4 is 5.32 Å². The summed E-state index contributed by atoms with van der Waals surface area (Å²) in [7, 11) is 0. The van der Waals surface area contributed by atoms with E-state index in [1.54, 1.807) is 0 Å². The van der Waals surface area contributed by atoms with Gasteiger partial charge in [-0.2, -0.15) is 0 Å². The van der Waals surface area contributed by atoms with Crippen molar-refractivity contribution >= 4 is 0 Å². The molecule has 16 heavy (non-hydrogen) atoms. The van der Waals surface area contributed by atoms with Gasteiger partial charge in [-0.1, -0.05) is 26.0 Å². The first-order chi connectivity index (χ1) is 7.79. The van der Waals surface area contributed by atoms with Gasteiger partial charge in [0.1, 0.15) is 0 Å². The van der Waals surface area contributed by atoms with Gasteiger partial charge in [0.15, 0.2) is 0 Å². The minimum Gasteiger partial charge on any atom is -0.381 e. The Kier molecular flexibility index (Phi) is 7.52. The Morgan fingerprint density at radius 1 is 1.38 bits per heavy atom. The number of allylic oxidation sites excluding steroid dienone is 2. The smallest absolute Gasteiger partial charge is 0.0489 e. The van der Waals surface area contributed by atoms with E-state index in [4.69, 9.17) is 4.74 Å². The maximum absolute atomic E-state index is 5.54. The number of hydrogen-bond donors (Lipinski definition) is 1. The quantitative estimate of drug-likeness (QED) is 0.506. The van der Waals surface area contributed by atoms with Gasteiger partial charge in [-0.15, -0.1) is 0 Å². The molecule has 1 aliphatic rings. The number of rotatable bonds is 8. The molecule has 0 amide bonds. The lowest BCUT2D eigenvalue weighted by molar-refractivity contribution is 0.107. The molecule has 94 valence electrons. The summed E-state index contributed by atoms with van der Waals surface area (Å²) < 4.78 is 5.54. The summed E-state index contributed by atoms with van der Waals surface area (Å²) in [6.07, 6.45) is 9.64. The second-order valence-electron chi connectivity index (χ2n) is 5.18. The first-order valence-corrected chi connectivity index (χ1v) is 6.72. The lowest BCUT2D eigenvalue weighted by Gasteiger charge is -2.18. The van der Waals surface area contributed by atoms with Crippen LogP contribution in [0.3, 0.4) is 0 Å². The van der Waals surface area contributed by atoms with Crippen molar-refractivity contribution in [1.29, 1.82) is 0 Å². The molecule has 2 heteroatoms. The van der Waals surface area contributed by atoms with Crippen molar-refractivity contribution in [3.63, 3.8) is 0 Å². The Balaban J connectivity index is 1.82. The molecule has 1 unspecified atom stereocenters. The van der Waals surface area contributed by atoms with Crippen molar-refractivity contribution in [2.45, 2.75) is 39.5 Å². The predicted octanol–water partition coefficient (Wildman–Crippen LogP) is 3.00. The lowest BCUT2D eigenvalue weighted by atomic mass is 9.94. The van der Waals surface area contributed by atoms with Gasteiger partial charge in [0.2, 0.25) is 0 Å². The number of ether oxygens (including phenoxy) is 1. The number of hydrogen-bond acceptors (Lipinski definition) is 2. The third-order valence-electron chi connectivity index (χ3n) is 2.90. The average Bonchev–Trinajstić information content (AvgIpc) is 2.29. The molecule has 1 rings (SSSR count). The Morgan fingerprint density at radius 3 is 2.94 bits per heavy atom. The van der Waals surface area contributed by atoms with Crippen LogP contribution in [0.5, 0.6) is 0 Å². The first kappa shape index (κ1) is 13.7. The lowest BCUT2D eigenvalue weighted by Crippen LogP contribution is -2.25. The van der Waals surface area contributed by atoms with Crippen LogP contribution in [-0.2, 0) is 4.74 Å². The molecular formula is C14H27NO. The Morgan fingerprint density at radius 2 is 2.25 bits per heavy atom. The zero-order valence-electron chi connectivity index (χ0n) is 10.9. The van der Waals surface area contributed by atoms with Gasteiger partial charge in [0.05, 0.1) is 0 Å². The molecule has 0 aromatic carbocycles. The highest BCUT2D eigenvalue weighted by molar-refractivity contribution is 4.90. The maximum Gasteiger partial charge on any atom is 0.0489 e. The van der Waals surface area contributed by atoms with Crippen LogP contribution in [0.15, 0.2) is 12.2 Å². The van der Waals surface area contributed by atoms with Crippen LogP contribution in [0, 0.1) is 11.8 Å². The molecule has 2 nitrogen and oxygen atoms in total.